The van der Waals surface area contributed by atoms with Gasteiger partial charge in [-0.15, -0.1) is 0 Å². The van der Waals surface area contributed by atoms with E-state index in [9.17, 15) is 13.2 Å². The zero-order valence-corrected chi connectivity index (χ0v) is 17.4. The third-order valence-corrected chi connectivity index (χ3v) is 6.87. The zero-order chi connectivity index (χ0) is 20.9. The van der Waals surface area contributed by atoms with Crippen molar-refractivity contribution in [1.29, 1.82) is 0 Å². The Bertz CT molecular complexity index is 941. The van der Waals surface area contributed by atoms with E-state index in [4.69, 9.17) is 9.47 Å². The highest BCUT2D eigenvalue weighted by Crippen LogP contribution is 2.31. The van der Waals surface area contributed by atoms with Crippen molar-refractivity contribution in [3.63, 3.8) is 0 Å². The second-order valence-corrected chi connectivity index (χ2v) is 8.65. The summed E-state index contributed by atoms with van der Waals surface area (Å²) in [5, 5.41) is 2.86. The molecule has 0 unspecified atom stereocenters. The van der Waals surface area contributed by atoms with E-state index in [2.05, 4.69) is 5.32 Å². The molecule has 0 saturated carbocycles. The quantitative estimate of drug-likeness (QED) is 0.747. The third-order valence-electron chi connectivity index (χ3n) is 4.95. The summed E-state index contributed by atoms with van der Waals surface area (Å²) in [4.78, 5) is 12.9. The molecule has 29 heavy (non-hydrogen) atoms. The maximum absolute atomic E-state index is 13.1. The molecule has 0 aromatic heterocycles. The number of carbonyl (C=O) groups is 1. The van der Waals surface area contributed by atoms with Crippen LogP contribution in [-0.4, -0.2) is 52.0 Å². The highest BCUT2D eigenvalue weighted by atomic mass is 32.2. The average Bonchev–Trinajstić information content (AvgIpc) is 2.75. The van der Waals surface area contributed by atoms with Gasteiger partial charge < -0.3 is 14.8 Å². The van der Waals surface area contributed by atoms with Crippen LogP contribution in [0.1, 0.15) is 24.8 Å². The largest absolute Gasteiger partial charge is 0.495 e. The second-order valence-electron chi connectivity index (χ2n) is 6.74. The maximum atomic E-state index is 13.1. The van der Waals surface area contributed by atoms with Crippen LogP contribution in [0.5, 0.6) is 5.75 Å². The molecule has 1 saturated heterocycles. The number of carbonyl (C=O) groups excluding carboxylic acids is 1. The normalized spacial score (nSPS) is 16.2. The van der Waals surface area contributed by atoms with Crippen LogP contribution in [0.2, 0.25) is 0 Å². The topological polar surface area (TPSA) is 84.9 Å². The minimum Gasteiger partial charge on any atom is -0.495 e. The number of benzene rings is 2. The summed E-state index contributed by atoms with van der Waals surface area (Å²) >= 11 is 0. The molecule has 1 heterocycles. The second kappa shape index (κ2) is 9.39. The van der Waals surface area contributed by atoms with E-state index < -0.39 is 10.0 Å². The average molecular weight is 419 g/mol. The van der Waals surface area contributed by atoms with E-state index in [1.54, 1.807) is 12.1 Å². The van der Waals surface area contributed by atoms with Crippen LogP contribution in [-0.2, 0) is 19.6 Å². The van der Waals surface area contributed by atoms with Gasteiger partial charge in [-0.25, -0.2) is 8.42 Å². The van der Waals surface area contributed by atoms with Gasteiger partial charge in [0.25, 0.3) is 0 Å². The molecule has 7 nitrogen and oxygen atoms in total. The molecule has 1 amide bonds. The Labute approximate surface area is 171 Å². The number of rotatable bonds is 7. The SMILES string of the molecule is CC[C@@H](C(=O)Nc1ccc(OC)c(S(=O)(=O)N2CCOCC2)c1)c1ccccc1. The van der Waals surface area contributed by atoms with E-state index in [-0.39, 0.29) is 35.6 Å². The third kappa shape index (κ3) is 4.77. The van der Waals surface area contributed by atoms with Crippen LogP contribution < -0.4 is 10.1 Å². The Hall–Kier alpha value is -2.42. The molecule has 0 radical (unpaired) electrons. The number of nitrogens with one attached hydrogen (secondary N) is 1. The lowest BCUT2D eigenvalue weighted by Gasteiger charge is -2.27. The molecular formula is C21H26N2O5S. The number of morpholine rings is 1. The van der Waals surface area contributed by atoms with Crippen LogP contribution in [0.25, 0.3) is 0 Å². The van der Waals surface area contributed by atoms with Gasteiger partial charge in [-0.2, -0.15) is 4.31 Å². The predicted octanol–water partition coefficient (Wildman–Crippen LogP) is 2.85. The fourth-order valence-electron chi connectivity index (χ4n) is 3.37. The molecule has 1 aliphatic heterocycles. The van der Waals surface area contributed by atoms with Crippen LogP contribution in [0.3, 0.4) is 0 Å². The van der Waals surface area contributed by atoms with Crippen LogP contribution >= 0.6 is 0 Å². The van der Waals surface area contributed by atoms with Gasteiger partial charge in [-0.3, -0.25) is 4.79 Å². The molecule has 0 bridgehead atoms. The van der Waals surface area contributed by atoms with Crippen LogP contribution in [0.15, 0.2) is 53.4 Å². The molecule has 156 valence electrons. The number of sulfonamides is 1. The van der Waals surface area contributed by atoms with Gasteiger partial charge in [-0.1, -0.05) is 37.3 Å². The molecule has 3 rings (SSSR count). The van der Waals surface area contributed by atoms with Gasteiger partial charge in [-0.05, 0) is 30.2 Å². The Kier molecular flexibility index (Phi) is 6.89. The molecule has 1 N–H and O–H groups in total. The van der Waals surface area contributed by atoms with Crippen molar-refractivity contribution in [2.24, 2.45) is 0 Å². The van der Waals surface area contributed by atoms with E-state index in [1.165, 1.54) is 17.5 Å². The lowest BCUT2D eigenvalue weighted by molar-refractivity contribution is -0.117. The summed E-state index contributed by atoms with van der Waals surface area (Å²) in [6.07, 6.45) is 0.630. The van der Waals surface area contributed by atoms with Gasteiger partial charge >= 0.3 is 0 Å². The Balaban J connectivity index is 1.87. The number of hydrogen-bond acceptors (Lipinski definition) is 5. The molecule has 0 aliphatic carbocycles. The maximum Gasteiger partial charge on any atom is 0.246 e. The first-order valence-corrected chi connectivity index (χ1v) is 11.0. The zero-order valence-electron chi connectivity index (χ0n) is 16.6. The molecule has 1 aliphatic rings. The monoisotopic (exact) mass is 418 g/mol. The minimum absolute atomic E-state index is 0.0347. The molecule has 1 fully saturated rings. The first-order valence-electron chi connectivity index (χ1n) is 9.59. The summed E-state index contributed by atoms with van der Waals surface area (Å²) in [5.74, 6) is -0.263. The Morgan fingerprint density at radius 1 is 1.17 bits per heavy atom. The summed E-state index contributed by atoms with van der Waals surface area (Å²) in [6.45, 7) is 3.22. The fraction of sp³-hybridized carbons (Fsp3) is 0.381. The van der Waals surface area contributed by atoms with Crippen molar-refractivity contribution in [1.82, 2.24) is 4.31 Å². The summed E-state index contributed by atoms with van der Waals surface area (Å²) in [6, 6.07) is 14.2. The molecular weight excluding hydrogens is 392 g/mol. The van der Waals surface area contributed by atoms with Gasteiger partial charge in [0.2, 0.25) is 15.9 Å². The first-order chi connectivity index (χ1) is 14.0. The first kappa shape index (κ1) is 21.3. The predicted molar refractivity (Wildman–Crippen MR) is 111 cm³/mol. The van der Waals surface area contributed by atoms with Crippen molar-refractivity contribution < 1.29 is 22.7 Å². The lowest BCUT2D eigenvalue weighted by Crippen LogP contribution is -2.40. The standard InChI is InChI=1S/C21H26N2O5S/c1-3-18(16-7-5-4-6-8-16)21(24)22-17-9-10-19(27-2)20(15-17)29(25,26)23-11-13-28-14-12-23/h4-10,15,18H,3,11-14H2,1-2H3,(H,22,24)/t18-/m1/s1. The van der Waals surface area contributed by atoms with Crippen molar-refractivity contribution >= 4 is 21.6 Å². The number of hydrogen-bond donors (Lipinski definition) is 1. The summed E-state index contributed by atoms with van der Waals surface area (Å²) in [5.41, 5.74) is 1.33. The number of ether oxygens (including phenoxy) is 2. The van der Waals surface area contributed by atoms with Crippen molar-refractivity contribution in [3.05, 3.63) is 54.1 Å². The Morgan fingerprint density at radius 3 is 2.48 bits per heavy atom. The summed E-state index contributed by atoms with van der Waals surface area (Å²) in [7, 11) is -2.34. The lowest BCUT2D eigenvalue weighted by atomic mass is 9.95. The smallest absolute Gasteiger partial charge is 0.246 e. The highest BCUT2D eigenvalue weighted by Gasteiger charge is 2.30. The van der Waals surface area contributed by atoms with Crippen molar-refractivity contribution in [2.75, 3.05) is 38.7 Å². The molecule has 2 aromatic carbocycles. The molecule has 1 atom stereocenters. The van der Waals surface area contributed by atoms with Gasteiger partial charge in [0.15, 0.2) is 0 Å². The number of methoxy groups -OCH3 is 1. The van der Waals surface area contributed by atoms with Crippen molar-refractivity contribution in [2.45, 2.75) is 24.2 Å². The molecule has 0 spiro atoms. The van der Waals surface area contributed by atoms with Crippen molar-refractivity contribution in [3.8, 4) is 5.75 Å². The van der Waals surface area contributed by atoms with Crippen LogP contribution in [0, 0.1) is 0 Å². The van der Waals surface area contributed by atoms with E-state index >= 15 is 0 Å². The minimum atomic E-state index is -3.76. The summed E-state index contributed by atoms with van der Waals surface area (Å²) < 4.78 is 38.1. The molecule has 2 aromatic rings. The highest BCUT2D eigenvalue weighted by molar-refractivity contribution is 7.89. The fourth-order valence-corrected chi connectivity index (χ4v) is 4.96. The van der Waals surface area contributed by atoms with E-state index in [0.717, 1.165) is 5.56 Å². The van der Waals surface area contributed by atoms with E-state index in [0.29, 0.717) is 25.3 Å². The van der Waals surface area contributed by atoms with Crippen LogP contribution in [0.4, 0.5) is 5.69 Å². The van der Waals surface area contributed by atoms with Gasteiger partial charge in [0, 0.05) is 18.8 Å². The molecule has 8 heteroatoms. The number of amides is 1. The number of nitrogens with zero attached hydrogens (tertiary/aromatic N) is 1. The number of anilines is 1. The van der Waals surface area contributed by atoms with Gasteiger partial charge in [0.05, 0.1) is 26.2 Å². The Morgan fingerprint density at radius 2 is 1.86 bits per heavy atom. The van der Waals surface area contributed by atoms with E-state index in [1.807, 2.05) is 37.3 Å². The van der Waals surface area contributed by atoms with Gasteiger partial charge in [0.1, 0.15) is 10.6 Å².